The number of hydrogen-bond acceptors (Lipinski definition) is 3. The van der Waals surface area contributed by atoms with Crippen LogP contribution >= 0.6 is 0 Å². The van der Waals surface area contributed by atoms with Gasteiger partial charge in [-0.2, -0.15) is 8.42 Å². The largest absolute Gasteiger partial charge is 0.303 e. The number of benzene rings is 1. The van der Waals surface area contributed by atoms with Crippen molar-refractivity contribution in [2.45, 2.75) is 56.9 Å². The van der Waals surface area contributed by atoms with Crippen molar-refractivity contribution in [2.24, 2.45) is 0 Å². The molecular weight excluding hydrogens is 286 g/mol. The molecule has 4 nitrogen and oxygen atoms in total. The van der Waals surface area contributed by atoms with E-state index in [1.54, 1.807) is 12.1 Å². The lowest BCUT2D eigenvalue weighted by atomic mass is 10.1. The fourth-order valence-corrected chi connectivity index (χ4v) is 2.97. The van der Waals surface area contributed by atoms with Crippen molar-refractivity contribution in [1.29, 1.82) is 0 Å². The van der Waals surface area contributed by atoms with E-state index in [1.807, 2.05) is 6.92 Å². The summed E-state index contributed by atoms with van der Waals surface area (Å²) in [6.07, 6.45) is 7.05. The summed E-state index contributed by atoms with van der Waals surface area (Å²) in [6.45, 7) is 5.44. The molecule has 1 atom stereocenters. The number of nitrogens with zero attached hydrogens (tertiary/aromatic N) is 1. The second kappa shape index (κ2) is 8.51. The number of unbranched alkanes of at least 4 members (excludes halogenated alkanes) is 1. The van der Waals surface area contributed by atoms with E-state index in [0.717, 1.165) is 11.6 Å². The molecule has 0 radical (unpaired) electrons. The summed E-state index contributed by atoms with van der Waals surface area (Å²) in [6, 6.07) is 6.90. The van der Waals surface area contributed by atoms with E-state index in [-0.39, 0.29) is 4.90 Å². The van der Waals surface area contributed by atoms with Crippen LogP contribution in [-0.2, 0) is 10.1 Å². The Morgan fingerprint density at radius 1 is 1.29 bits per heavy atom. The Bertz CT molecular complexity index is 511. The highest BCUT2D eigenvalue weighted by Crippen LogP contribution is 2.19. The van der Waals surface area contributed by atoms with Gasteiger partial charge < -0.3 is 4.90 Å². The molecule has 0 aliphatic carbocycles. The zero-order valence-electron chi connectivity index (χ0n) is 13.2. The van der Waals surface area contributed by atoms with Gasteiger partial charge in [-0.05, 0) is 51.9 Å². The molecule has 21 heavy (non-hydrogen) atoms. The molecule has 2 rings (SSSR count). The molecule has 0 spiro atoms. The van der Waals surface area contributed by atoms with Crippen LogP contribution in [0.3, 0.4) is 0 Å². The Labute approximate surface area is 128 Å². The predicted molar refractivity (Wildman–Crippen MR) is 86.2 cm³/mol. The summed E-state index contributed by atoms with van der Waals surface area (Å²) in [5.41, 5.74) is 0.956. The summed E-state index contributed by atoms with van der Waals surface area (Å²) in [7, 11) is -1.76. The summed E-state index contributed by atoms with van der Waals surface area (Å²) in [4.78, 5) is 2.44. The minimum atomic E-state index is -4.02. The maximum Gasteiger partial charge on any atom is 0.294 e. The molecule has 1 aliphatic heterocycles. The molecule has 1 heterocycles. The molecule has 1 unspecified atom stereocenters. The van der Waals surface area contributed by atoms with Crippen molar-refractivity contribution in [3.63, 3.8) is 0 Å². The number of hydrogen-bond donors (Lipinski definition) is 1. The first-order valence-electron chi connectivity index (χ1n) is 7.59. The highest BCUT2D eigenvalue weighted by atomic mass is 32.2. The second-order valence-electron chi connectivity index (χ2n) is 5.71. The van der Waals surface area contributed by atoms with Gasteiger partial charge in [-0.3, -0.25) is 4.55 Å². The van der Waals surface area contributed by atoms with Crippen LogP contribution in [0.15, 0.2) is 29.2 Å². The van der Waals surface area contributed by atoms with Crippen molar-refractivity contribution in [1.82, 2.24) is 4.90 Å². The third-order valence-corrected chi connectivity index (χ3v) is 4.75. The first-order valence-corrected chi connectivity index (χ1v) is 9.03. The SMILES string of the molecule is CCCCC1CCCN1C.Cc1ccc(S(=O)(=O)O)cc1. The van der Waals surface area contributed by atoms with Crippen LogP contribution in [0, 0.1) is 6.92 Å². The Balaban J connectivity index is 0.000000211. The summed E-state index contributed by atoms with van der Waals surface area (Å²) in [5, 5.41) is 0. The monoisotopic (exact) mass is 313 g/mol. The minimum absolute atomic E-state index is 0.0666. The first-order chi connectivity index (χ1) is 9.84. The smallest absolute Gasteiger partial charge is 0.294 e. The van der Waals surface area contributed by atoms with Gasteiger partial charge in [-0.15, -0.1) is 0 Å². The molecule has 0 bridgehead atoms. The average molecular weight is 313 g/mol. The van der Waals surface area contributed by atoms with E-state index in [4.69, 9.17) is 4.55 Å². The molecule has 1 saturated heterocycles. The van der Waals surface area contributed by atoms with Crippen LogP contribution in [0.5, 0.6) is 0 Å². The quantitative estimate of drug-likeness (QED) is 0.864. The van der Waals surface area contributed by atoms with Crippen molar-refractivity contribution in [2.75, 3.05) is 13.6 Å². The Morgan fingerprint density at radius 3 is 2.33 bits per heavy atom. The first kappa shape index (κ1) is 18.1. The van der Waals surface area contributed by atoms with E-state index in [1.165, 1.54) is 50.8 Å². The predicted octanol–water partition coefficient (Wildman–Crippen LogP) is 3.51. The molecule has 1 aliphatic rings. The van der Waals surface area contributed by atoms with Crippen molar-refractivity contribution in [3.8, 4) is 0 Å². The van der Waals surface area contributed by atoms with Gasteiger partial charge in [-0.1, -0.05) is 37.5 Å². The van der Waals surface area contributed by atoms with Gasteiger partial charge in [0.05, 0.1) is 4.90 Å². The third-order valence-electron chi connectivity index (χ3n) is 3.88. The van der Waals surface area contributed by atoms with E-state index >= 15 is 0 Å². The topological polar surface area (TPSA) is 57.6 Å². The van der Waals surface area contributed by atoms with Gasteiger partial charge in [0, 0.05) is 6.04 Å². The highest BCUT2D eigenvalue weighted by Gasteiger charge is 2.19. The van der Waals surface area contributed by atoms with E-state index in [9.17, 15) is 8.42 Å². The molecular formula is C16H27NO3S. The maximum absolute atomic E-state index is 10.5. The van der Waals surface area contributed by atoms with Crippen LogP contribution in [0.1, 0.15) is 44.6 Å². The number of aryl methyl sites for hydroxylation is 1. The van der Waals surface area contributed by atoms with Crippen LogP contribution in [0.2, 0.25) is 0 Å². The normalized spacial score (nSPS) is 19.1. The molecule has 120 valence electrons. The molecule has 1 aromatic rings. The van der Waals surface area contributed by atoms with E-state index in [2.05, 4.69) is 18.9 Å². The summed E-state index contributed by atoms with van der Waals surface area (Å²) in [5.74, 6) is 0. The Morgan fingerprint density at radius 2 is 1.90 bits per heavy atom. The number of likely N-dealkylation sites (tertiary alicyclic amines) is 1. The molecule has 0 aromatic heterocycles. The number of rotatable bonds is 4. The van der Waals surface area contributed by atoms with Crippen LogP contribution < -0.4 is 0 Å². The van der Waals surface area contributed by atoms with Gasteiger partial charge in [0.25, 0.3) is 10.1 Å². The van der Waals surface area contributed by atoms with Gasteiger partial charge >= 0.3 is 0 Å². The van der Waals surface area contributed by atoms with Crippen molar-refractivity contribution < 1.29 is 13.0 Å². The molecule has 1 fully saturated rings. The van der Waals surface area contributed by atoms with Gasteiger partial charge in [0.2, 0.25) is 0 Å². The van der Waals surface area contributed by atoms with Gasteiger partial charge in [0.15, 0.2) is 0 Å². The molecule has 0 amide bonds. The van der Waals surface area contributed by atoms with E-state index in [0.29, 0.717) is 0 Å². The van der Waals surface area contributed by atoms with Crippen LogP contribution in [0.25, 0.3) is 0 Å². The lowest BCUT2D eigenvalue weighted by Crippen LogP contribution is -2.24. The lowest BCUT2D eigenvalue weighted by Gasteiger charge is -2.18. The molecule has 0 saturated carbocycles. The standard InChI is InChI=1S/C9H19N.C7H8O3S/c1-3-4-6-9-7-5-8-10(9)2;1-6-2-4-7(5-3-6)11(8,9)10/h9H,3-8H2,1-2H3;2-5H,1H3,(H,8,9,10). The fourth-order valence-electron chi connectivity index (χ4n) is 2.49. The third kappa shape index (κ3) is 6.59. The van der Waals surface area contributed by atoms with Crippen molar-refractivity contribution in [3.05, 3.63) is 29.8 Å². The fraction of sp³-hybridized carbons (Fsp3) is 0.625. The van der Waals surface area contributed by atoms with Crippen molar-refractivity contribution >= 4 is 10.1 Å². The van der Waals surface area contributed by atoms with Gasteiger partial charge in [-0.25, -0.2) is 0 Å². The molecule has 1 N–H and O–H groups in total. The Kier molecular flexibility index (Phi) is 7.35. The zero-order valence-corrected chi connectivity index (χ0v) is 14.1. The molecule has 5 heteroatoms. The van der Waals surface area contributed by atoms with E-state index < -0.39 is 10.1 Å². The maximum atomic E-state index is 10.5. The average Bonchev–Trinajstić information content (AvgIpc) is 2.82. The second-order valence-corrected chi connectivity index (χ2v) is 7.13. The lowest BCUT2D eigenvalue weighted by molar-refractivity contribution is 0.291. The minimum Gasteiger partial charge on any atom is -0.303 e. The van der Waals surface area contributed by atoms with Crippen LogP contribution in [-0.4, -0.2) is 37.5 Å². The summed E-state index contributed by atoms with van der Waals surface area (Å²) >= 11 is 0. The Hall–Kier alpha value is -0.910. The van der Waals surface area contributed by atoms with Gasteiger partial charge in [0.1, 0.15) is 0 Å². The summed E-state index contributed by atoms with van der Waals surface area (Å²) < 4.78 is 29.6. The zero-order chi connectivity index (χ0) is 15.9. The molecule has 1 aromatic carbocycles. The highest BCUT2D eigenvalue weighted by molar-refractivity contribution is 7.85. The van der Waals surface area contributed by atoms with Crippen LogP contribution in [0.4, 0.5) is 0 Å².